The lowest BCUT2D eigenvalue weighted by molar-refractivity contribution is 0.291. The van der Waals surface area contributed by atoms with Gasteiger partial charge in [0.1, 0.15) is 18.0 Å². The first kappa shape index (κ1) is 15.7. The molecule has 2 unspecified atom stereocenters. The van der Waals surface area contributed by atoms with E-state index in [9.17, 15) is 0 Å². The van der Waals surface area contributed by atoms with Crippen LogP contribution in [0.3, 0.4) is 0 Å². The number of ether oxygens (including phenoxy) is 1. The minimum atomic E-state index is 0.103. The predicted molar refractivity (Wildman–Crippen MR) is 95.8 cm³/mol. The first-order valence-electron chi connectivity index (χ1n) is 9.02. The van der Waals surface area contributed by atoms with Crippen LogP contribution in [0.2, 0.25) is 0 Å². The third-order valence-electron chi connectivity index (χ3n) is 5.01. The van der Waals surface area contributed by atoms with Crippen LogP contribution in [-0.4, -0.2) is 40.4 Å². The fraction of sp³-hybridized carbons (Fsp3) is 0.550. The number of benzene rings is 1. The smallest absolute Gasteiger partial charge is 0.145 e. The standard InChI is InChI=1S/C20H27N3O/c1-20(2,3)16-10-21-23(12-16)18-6-4-5-7-19(18)24-14-17-13-22(17)11-15-8-9-15/h4-7,10,12,15,17H,8-9,11,13-14H2,1-3H3. The number of para-hydroxylation sites is 2. The Morgan fingerprint density at radius 2 is 2.00 bits per heavy atom. The normalized spacial score (nSPS) is 23.3. The number of nitrogens with zero attached hydrogens (tertiary/aromatic N) is 3. The van der Waals surface area contributed by atoms with Crippen molar-refractivity contribution in [1.82, 2.24) is 14.7 Å². The molecule has 1 aliphatic carbocycles. The average molecular weight is 325 g/mol. The Bertz CT molecular complexity index is 712. The number of aromatic nitrogens is 2. The molecule has 2 fully saturated rings. The number of rotatable bonds is 6. The van der Waals surface area contributed by atoms with Gasteiger partial charge in [0.2, 0.25) is 0 Å². The lowest BCUT2D eigenvalue weighted by Crippen LogP contribution is -2.13. The van der Waals surface area contributed by atoms with E-state index in [-0.39, 0.29) is 5.41 Å². The second-order valence-corrected chi connectivity index (χ2v) is 8.25. The Morgan fingerprint density at radius 3 is 2.71 bits per heavy atom. The van der Waals surface area contributed by atoms with Crippen LogP contribution >= 0.6 is 0 Å². The van der Waals surface area contributed by atoms with Crippen LogP contribution in [0.1, 0.15) is 39.2 Å². The highest BCUT2D eigenvalue weighted by Crippen LogP contribution is 2.34. The maximum Gasteiger partial charge on any atom is 0.145 e. The largest absolute Gasteiger partial charge is 0.490 e. The van der Waals surface area contributed by atoms with Gasteiger partial charge in [-0.15, -0.1) is 0 Å². The van der Waals surface area contributed by atoms with Crippen molar-refractivity contribution in [3.05, 3.63) is 42.2 Å². The van der Waals surface area contributed by atoms with Gasteiger partial charge in [-0.05, 0) is 41.9 Å². The molecule has 2 aromatic rings. The van der Waals surface area contributed by atoms with Crippen molar-refractivity contribution in [3.8, 4) is 11.4 Å². The second-order valence-electron chi connectivity index (χ2n) is 8.25. The molecular formula is C20H27N3O. The third-order valence-corrected chi connectivity index (χ3v) is 5.01. The number of hydrogen-bond donors (Lipinski definition) is 0. The van der Waals surface area contributed by atoms with Crippen LogP contribution in [-0.2, 0) is 5.41 Å². The fourth-order valence-electron chi connectivity index (χ4n) is 3.03. The Balaban J connectivity index is 1.43. The molecule has 0 radical (unpaired) electrons. The van der Waals surface area contributed by atoms with Crippen molar-refractivity contribution in [2.45, 2.75) is 45.1 Å². The summed E-state index contributed by atoms with van der Waals surface area (Å²) < 4.78 is 8.08. The zero-order chi connectivity index (χ0) is 16.7. The summed E-state index contributed by atoms with van der Waals surface area (Å²) in [5.41, 5.74) is 2.35. The second kappa shape index (κ2) is 5.92. The molecule has 0 bridgehead atoms. The highest BCUT2D eigenvalue weighted by atomic mass is 16.5. The van der Waals surface area contributed by atoms with E-state index in [0.29, 0.717) is 6.04 Å². The molecule has 1 aromatic heterocycles. The Hall–Kier alpha value is -1.81. The summed E-state index contributed by atoms with van der Waals surface area (Å²) in [5, 5.41) is 4.55. The molecule has 4 rings (SSSR count). The summed E-state index contributed by atoms with van der Waals surface area (Å²) in [6.07, 6.45) is 6.90. The third kappa shape index (κ3) is 3.48. The van der Waals surface area contributed by atoms with Crippen LogP contribution in [0.25, 0.3) is 5.69 Å². The summed E-state index contributed by atoms with van der Waals surface area (Å²) in [6.45, 7) is 9.85. The van der Waals surface area contributed by atoms with Gasteiger partial charge in [0.05, 0.1) is 12.2 Å². The summed E-state index contributed by atoms with van der Waals surface area (Å²) >= 11 is 0. The van der Waals surface area contributed by atoms with Crippen molar-refractivity contribution in [1.29, 1.82) is 0 Å². The van der Waals surface area contributed by atoms with Crippen molar-refractivity contribution >= 4 is 0 Å². The van der Waals surface area contributed by atoms with Crippen LogP contribution in [0.15, 0.2) is 36.7 Å². The van der Waals surface area contributed by atoms with Gasteiger partial charge in [-0.2, -0.15) is 5.10 Å². The van der Waals surface area contributed by atoms with Gasteiger partial charge in [-0.1, -0.05) is 32.9 Å². The van der Waals surface area contributed by atoms with E-state index in [2.05, 4.69) is 43.0 Å². The van der Waals surface area contributed by atoms with Gasteiger partial charge in [0.25, 0.3) is 0 Å². The molecule has 128 valence electrons. The molecule has 1 saturated heterocycles. The SMILES string of the molecule is CC(C)(C)c1cnn(-c2ccccc2OCC2CN2CC2CC2)c1. The molecule has 0 amide bonds. The molecule has 2 heterocycles. The number of hydrogen-bond acceptors (Lipinski definition) is 3. The fourth-order valence-corrected chi connectivity index (χ4v) is 3.03. The predicted octanol–water partition coefficient (Wildman–Crippen LogP) is 3.64. The topological polar surface area (TPSA) is 30.1 Å². The maximum atomic E-state index is 6.14. The van der Waals surface area contributed by atoms with E-state index in [1.165, 1.54) is 31.5 Å². The molecule has 4 heteroatoms. The van der Waals surface area contributed by atoms with E-state index < -0.39 is 0 Å². The average Bonchev–Trinajstić information content (AvgIpc) is 3.45. The van der Waals surface area contributed by atoms with Gasteiger partial charge in [-0.3, -0.25) is 4.90 Å². The van der Waals surface area contributed by atoms with Gasteiger partial charge in [0, 0.05) is 19.3 Å². The quantitative estimate of drug-likeness (QED) is 0.760. The zero-order valence-electron chi connectivity index (χ0n) is 14.9. The molecule has 2 atom stereocenters. The molecule has 0 N–H and O–H groups in total. The summed E-state index contributed by atoms with van der Waals surface area (Å²) in [4.78, 5) is 2.53. The first-order chi connectivity index (χ1) is 11.5. The highest BCUT2D eigenvalue weighted by molar-refractivity contribution is 5.46. The zero-order valence-corrected chi connectivity index (χ0v) is 14.9. The van der Waals surface area contributed by atoms with Crippen molar-refractivity contribution in [2.75, 3.05) is 19.7 Å². The molecule has 4 nitrogen and oxygen atoms in total. The first-order valence-corrected chi connectivity index (χ1v) is 9.02. The van der Waals surface area contributed by atoms with Crippen LogP contribution in [0, 0.1) is 5.92 Å². The van der Waals surface area contributed by atoms with Crippen LogP contribution < -0.4 is 4.74 Å². The van der Waals surface area contributed by atoms with E-state index in [1.54, 1.807) is 0 Å². The van der Waals surface area contributed by atoms with Gasteiger partial charge in [0.15, 0.2) is 0 Å². The van der Waals surface area contributed by atoms with Crippen molar-refractivity contribution < 1.29 is 4.74 Å². The maximum absolute atomic E-state index is 6.14. The van der Waals surface area contributed by atoms with E-state index in [0.717, 1.165) is 24.0 Å². The van der Waals surface area contributed by atoms with Gasteiger partial charge >= 0.3 is 0 Å². The minimum Gasteiger partial charge on any atom is -0.490 e. The van der Waals surface area contributed by atoms with E-state index in [1.807, 2.05) is 29.1 Å². The molecule has 1 saturated carbocycles. The minimum absolute atomic E-state index is 0.103. The molecular weight excluding hydrogens is 298 g/mol. The lowest BCUT2D eigenvalue weighted by atomic mass is 9.90. The highest BCUT2D eigenvalue weighted by Gasteiger charge is 2.38. The molecule has 1 aromatic carbocycles. The Labute approximate surface area is 144 Å². The molecule has 2 aliphatic rings. The van der Waals surface area contributed by atoms with Gasteiger partial charge in [-0.25, -0.2) is 4.68 Å². The van der Waals surface area contributed by atoms with Crippen molar-refractivity contribution in [3.63, 3.8) is 0 Å². The van der Waals surface area contributed by atoms with Crippen molar-refractivity contribution in [2.24, 2.45) is 5.92 Å². The van der Waals surface area contributed by atoms with Crippen LogP contribution in [0.5, 0.6) is 5.75 Å². The Morgan fingerprint density at radius 1 is 1.21 bits per heavy atom. The monoisotopic (exact) mass is 325 g/mol. The molecule has 0 spiro atoms. The Kier molecular flexibility index (Phi) is 3.87. The molecule has 24 heavy (non-hydrogen) atoms. The van der Waals surface area contributed by atoms with E-state index >= 15 is 0 Å². The van der Waals surface area contributed by atoms with Gasteiger partial charge < -0.3 is 4.74 Å². The summed E-state index contributed by atoms with van der Waals surface area (Å²) in [5.74, 6) is 1.88. The molecule has 1 aliphatic heterocycles. The van der Waals surface area contributed by atoms with Crippen LogP contribution in [0.4, 0.5) is 0 Å². The summed E-state index contributed by atoms with van der Waals surface area (Å²) in [6, 6.07) is 8.78. The summed E-state index contributed by atoms with van der Waals surface area (Å²) in [7, 11) is 0. The van der Waals surface area contributed by atoms with E-state index in [4.69, 9.17) is 4.74 Å². The lowest BCUT2D eigenvalue weighted by Gasteiger charge is -2.15.